The fourth-order valence-electron chi connectivity index (χ4n) is 0.705. The van der Waals surface area contributed by atoms with Gasteiger partial charge in [0, 0.05) is 5.75 Å². The SMILES string of the molecule is CCCCSc1ncc(C)o1. The molecule has 0 saturated carbocycles. The third-order valence-electron chi connectivity index (χ3n) is 1.32. The average molecular weight is 171 g/mol. The number of thioether (sulfide) groups is 1. The van der Waals surface area contributed by atoms with E-state index < -0.39 is 0 Å². The molecule has 0 bridgehead atoms. The van der Waals surface area contributed by atoms with Gasteiger partial charge < -0.3 is 4.42 Å². The average Bonchev–Trinajstić information content (AvgIpc) is 2.37. The lowest BCUT2D eigenvalue weighted by Gasteiger charge is -1.92. The maximum Gasteiger partial charge on any atom is 0.255 e. The molecule has 0 unspecified atom stereocenters. The normalized spacial score (nSPS) is 10.4. The van der Waals surface area contributed by atoms with Crippen LogP contribution in [0.2, 0.25) is 0 Å². The van der Waals surface area contributed by atoms with Crippen LogP contribution in [-0.2, 0) is 0 Å². The van der Waals surface area contributed by atoms with Gasteiger partial charge in [0.25, 0.3) is 5.22 Å². The molecule has 3 heteroatoms. The Morgan fingerprint density at radius 2 is 2.45 bits per heavy atom. The molecule has 2 nitrogen and oxygen atoms in total. The van der Waals surface area contributed by atoms with Crippen LogP contribution >= 0.6 is 11.8 Å². The van der Waals surface area contributed by atoms with Crippen LogP contribution in [-0.4, -0.2) is 10.7 Å². The summed E-state index contributed by atoms with van der Waals surface area (Å²) >= 11 is 1.69. The number of aromatic nitrogens is 1. The monoisotopic (exact) mass is 171 g/mol. The minimum atomic E-state index is 0.802. The van der Waals surface area contributed by atoms with E-state index in [0.717, 1.165) is 16.7 Å². The van der Waals surface area contributed by atoms with Gasteiger partial charge in [-0.1, -0.05) is 25.1 Å². The summed E-state index contributed by atoms with van der Waals surface area (Å²) in [6.45, 7) is 4.10. The number of hydrogen-bond donors (Lipinski definition) is 0. The van der Waals surface area contributed by atoms with Crippen LogP contribution in [0.1, 0.15) is 25.5 Å². The molecule has 0 fully saturated rings. The van der Waals surface area contributed by atoms with Crippen molar-refractivity contribution < 1.29 is 4.42 Å². The molecule has 62 valence electrons. The second kappa shape index (κ2) is 4.44. The molecule has 0 aliphatic rings. The van der Waals surface area contributed by atoms with Crippen molar-refractivity contribution in [2.45, 2.75) is 31.9 Å². The molecule has 1 aromatic heterocycles. The third-order valence-corrected chi connectivity index (χ3v) is 2.25. The minimum absolute atomic E-state index is 0.802. The fraction of sp³-hybridized carbons (Fsp3) is 0.625. The number of unbranched alkanes of at least 4 members (excludes halogenated alkanes) is 1. The van der Waals surface area contributed by atoms with Crippen molar-refractivity contribution in [2.75, 3.05) is 5.75 Å². The maximum absolute atomic E-state index is 5.28. The van der Waals surface area contributed by atoms with Gasteiger partial charge in [-0.3, -0.25) is 0 Å². The van der Waals surface area contributed by atoms with Crippen LogP contribution in [0.5, 0.6) is 0 Å². The van der Waals surface area contributed by atoms with Crippen LogP contribution in [0, 0.1) is 6.92 Å². The Bertz CT molecular complexity index is 210. The first-order valence-electron chi connectivity index (χ1n) is 3.88. The number of nitrogens with zero attached hydrogens (tertiary/aromatic N) is 1. The quantitative estimate of drug-likeness (QED) is 0.514. The zero-order valence-corrected chi connectivity index (χ0v) is 7.78. The standard InChI is InChI=1S/C8H13NOS/c1-3-4-5-11-8-9-6-7(2)10-8/h6H,3-5H2,1-2H3. The molecule has 0 aromatic carbocycles. The molecular formula is C8H13NOS. The van der Waals surface area contributed by atoms with Gasteiger partial charge >= 0.3 is 0 Å². The summed E-state index contributed by atoms with van der Waals surface area (Å²) in [5, 5.41) is 0.802. The lowest BCUT2D eigenvalue weighted by molar-refractivity contribution is 0.431. The summed E-state index contributed by atoms with van der Waals surface area (Å²) in [6.07, 6.45) is 4.22. The smallest absolute Gasteiger partial charge is 0.255 e. The minimum Gasteiger partial charge on any atom is -0.437 e. The highest BCUT2D eigenvalue weighted by molar-refractivity contribution is 7.99. The Hall–Kier alpha value is -0.440. The van der Waals surface area contributed by atoms with Crippen LogP contribution in [0.15, 0.2) is 15.8 Å². The molecule has 0 aliphatic heterocycles. The van der Waals surface area contributed by atoms with Gasteiger partial charge in [-0.25, -0.2) is 4.98 Å². The van der Waals surface area contributed by atoms with E-state index in [-0.39, 0.29) is 0 Å². The summed E-state index contributed by atoms with van der Waals surface area (Å²) in [4.78, 5) is 4.08. The lowest BCUT2D eigenvalue weighted by atomic mass is 10.4. The molecule has 0 spiro atoms. The van der Waals surface area contributed by atoms with E-state index >= 15 is 0 Å². The molecular weight excluding hydrogens is 158 g/mol. The fourth-order valence-corrected chi connectivity index (χ4v) is 1.63. The summed E-state index contributed by atoms with van der Waals surface area (Å²) in [6, 6.07) is 0. The Morgan fingerprint density at radius 1 is 1.64 bits per heavy atom. The van der Waals surface area contributed by atoms with Crippen LogP contribution in [0.25, 0.3) is 0 Å². The van der Waals surface area contributed by atoms with Gasteiger partial charge in [-0.15, -0.1) is 0 Å². The third kappa shape index (κ3) is 2.97. The maximum atomic E-state index is 5.28. The Labute approximate surface area is 71.4 Å². The highest BCUT2D eigenvalue weighted by Crippen LogP contribution is 2.18. The van der Waals surface area contributed by atoms with Gasteiger partial charge in [-0.2, -0.15) is 0 Å². The Kier molecular flexibility index (Phi) is 3.49. The number of aryl methyl sites for hydroxylation is 1. The van der Waals surface area contributed by atoms with E-state index in [1.807, 2.05) is 6.92 Å². The van der Waals surface area contributed by atoms with Crippen molar-refractivity contribution in [3.05, 3.63) is 12.0 Å². The van der Waals surface area contributed by atoms with Gasteiger partial charge in [0.2, 0.25) is 0 Å². The van der Waals surface area contributed by atoms with Crippen LogP contribution in [0.4, 0.5) is 0 Å². The molecule has 0 amide bonds. The molecule has 11 heavy (non-hydrogen) atoms. The first-order chi connectivity index (χ1) is 5.33. The predicted octanol–water partition coefficient (Wildman–Crippen LogP) is 2.88. The molecule has 0 aliphatic carbocycles. The number of oxazole rings is 1. The van der Waals surface area contributed by atoms with Crippen molar-refractivity contribution in [2.24, 2.45) is 0 Å². The highest BCUT2D eigenvalue weighted by Gasteiger charge is 1.98. The van der Waals surface area contributed by atoms with E-state index in [4.69, 9.17) is 4.42 Å². The van der Waals surface area contributed by atoms with E-state index in [0.29, 0.717) is 0 Å². The summed E-state index contributed by atoms with van der Waals surface area (Å²) in [7, 11) is 0. The van der Waals surface area contributed by atoms with E-state index in [9.17, 15) is 0 Å². The summed E-state index contributed by atoms with van der Waals surface area (Å²) < 4.78 is 5.28. The predicted molar refractivity (Wildman–Crippen MR) is 46.9 cm³/mol. The van der Waals surface area contributed by atoms with Crippen molar-refractivity contribution in [1.29, 1.82) is 0 Å². The second-order valence-corrected chi connectivity index (χ2v) is 3.48. The van der Waals surface area contributed by atoms with Crippen molar-refractivity contribution in [3.8, 4) is 0 Å². The number of hydrogen-bond acceptors (Lipinski definition) is 3. The van der Waals surface area contributed by atoms with E-state index in [2.05, 4.69) is 11.9 Å². The highest BCUT2D eigenvalue weighted by atomic mass is 32.2. The summed E-state index contributed by atoms with van der Waals surface area (Å²) in [5.74, 6) is 2.00. The molecule has 1 rings (SSSR count). The van der Waals surface area contributed by atoms with E-state index in [1.54, 1.807) is 18.0 Å². The topological polar surface area (TPSA) is 26.0 Å². The molecule has 1 aromatic rings. The van der Waals surface area contributed by atoms with Crippen molar-refractivity contribution in [3.63, 3.8) is 0 Å². The zero-order chi connectivity index (χ0) is 8.10. The molecule has 0 radical (unpaired) electrons. The molecule has 1 heterocycles. The lowest BCUT2D eigenvalue weighted by Crippen LogP contribution is -1.76. The molecule has 0 N–H and O–H groups in total. The number of rotatable bonds is 4. The molecule has 0 saturated heterocycles. The van der Waals surface area contributed by atoms with Gasteiger partial charge in [0.05, 0.1) is 6.20 Å². The van der Waals surface area contributed by atoms with Gasteiger partial charge in [0.1, 0.15) is 5.76 Å². The van der Waals surface area contributed by atoms with Gasteiger partial charge in [-0.05, 0) is 13.3 Å². The van der Waals surface area contributed by atoms with Crippen LogP contribution < -0.4 is 0 Å². The van der Waals surface area contributed by atoms with E-state index in [1.165, 1.54) is 12.8 Å². The Balaban J connectivity index is 2.27. The van der Waals surface area contributed by atoms with Gasteiger partial charge in [0.15, 0.2) is 0 Å². The first-order valence-corrected chi connectivity index (χ1v) is 4.86. The van der Waals surface area contributed by atoms with Crippen molar-refractivity contribution >= 4 is 11.8 Å². The van der Waals surface area contributed by atoms with Crippen molar-refractivity contribution in [1.82, 2.24) is 4.98 Å². The summed E-state index contributed by atoms with van der Waals surface area (Å²) in [5.41, 5.74) is 0. The molecule has 0 atom stereocenters. The zero-order valence-electron chi connectivity index (χ0n) is 6.96. The largest absolute Gasteiger partial charge is 0.437 e. The Morgan fingerprint density at radius 3 is 3.00 bits per heavy atom. The van der Waals surface area contributed by atoms with Crippen LogP contribution in [0.3, 0.4) is 0 Å². The first kappa shape index (κ1) is 8.65. The second-order valence-electron chi connectivity index (χ2n) is 2.44.